The number of carbonyl (C=O) groups is 1. The SMILES string of the molecule is CC(C)S(=O)(=O)CC(=O)N1CCCn2nc([C@@H](C)O)cc2C1. The van der Waals surface area contributed by atoms with Crippen LogP contribution in [0.4, 0.5) is 0 Å². The number of aliphatic hydroxyl groups excluding tert-OH is 1. The zero-order valence-electron chi connectivity index (χ0n) is 13.2. The molecule has 0 spiro atoms. The Kier molecular flexibility index (Phi) is 4.91. The van der Waals surface area contributed by atoms with Crippen molar-refractivity contribution in [2.24, 2.45) is 0 Å². The maximum atomic E-state index is 12.3. The zero-order chi connectivity index (χ0) is 16.5. The van der Waals surface area contributed by atoms with E-state index < -0.39 is 26.9 Å². The zero-order valence-corrected chi connectivity index (χ0v) is 14.0. The van der Waals surface area contributed by atoms with Crippen LogP contribution in [0, 0.1) is 0 Å². The number of hydrogen-bond acceptors (Lipinski definition) is 5. The minimum atomic E-state index is -3.40. The van der Waals surface area contributed by atoms with Gasteiger partial charge in [0.2, 0.25) is 5.91 Å². The monoisotopic (exact) mass is 329 g/mol. The normalized spacial score (nSPS) is 17.2. The Morgan fingerprint density at radius 3 is 2.64 bits per heavy atom. The molecule has 8 heteroatoms. The first-order valence-electron chi connectivity index (χ1n) is 7.44. The van der Waals surface area contributed by atoms with Crippen molar-refractivity contribution in [3.63, 3.8) is 0 Å². The second-order valence-corrected chi connectivity index (χ2v) is 8.54. The van der Waals surface area contributed by atoms with Gasteiger partial charge in [0, 0.05) is 13.1 Å². The van der Waals surface area contributed by atoms with Crippen molar-refractivity contribution in [1.82, 2.24) is 14.7 Å². The highest BCUT2D eigenvalue weighted by molar-refractivity contribution is 7.92. The molecule has 0 fully saturated rings. The fraction of sp³-hybridized carbons (Fsp3) is 0.714. The van der Waals surface area contributed by atoms with Crippen LogP contribution in [0.2, 0.25) is 0 Å². The van der Waals surface area contributed by atoms with Gasteiger partial charge in [-0.25, -0.2) is 8.42 Å². The lowest BCUT2D eigenvalue weighted by atomic mass is 10.2. The van der Waals surface area contributed by atoms with Crippen molar-refractivity contribution in [2.75, 3.05) is 12.3 Å². The van der Waals surface area contributed by atoms with Gasteiger partial charge in [-0.05, 0) is 33.3 Å². The quantitative estimate of drug-likeness (QED) is 0.868. The molecule has 22 heavy (non-hydrogen) atoms. The molecule has 0 radical (unpaired) electrons. The Bertz CT molecular complexity index is 649. The van der Waals surface area contributed by atoms with E-state index in [1.54, 1.807) is 36.4 Å². The lowest BCUT2D eigenvalue weighted by Crippen LogP contribution is -2.37. The van der Waals surface area contributed by atoms with Crippen LogP contribution in [0.15, 0.2) is 6.07 Å². The Morgan fingerprint density at radius 2 is 2.05 bits per heavy atom. The molecule has 1 atom stereocenters. The summed E-state index contributed by atoms with van der Waals surface area (Å²) < 4.78 is 25.6. The highest BCUT2D eigenvalue weighted by Gasteiger charge is 2.27. The molecule has 0 saturated carbocycles. The molecule has 1 aromatic rings. The molecule has 0 unspecified atom stereocenters. The summed E-state index contributed by atoms with van der Waals surface area (Å²) in [6.45, 7) is 6.29. The van der Waals surface area contributed by atoms with Crippen molar-refractivity contribution >= 4 is 15.7 Å². The molecule has 2 rings (SSSR count). The molecule has 2 heterocycles. The van der Waals surface area contributed by atoms with Gasteiger partial charge in [0.1, 0.15) is 5.75 Å². The van der Waals surface area contributed by atoms with Gasteiger partial charge >= 0.3 is 0 Å². The molecule has 0 aromatic carbocycles. The van der Waals surface area contributed by atoms with Gasteiger partial charge in [0.25, 0.3) is 0 Å². The molecule has 7 nitrogen and oxygen atoms in total. The predicted octanol–water partition coefficient (Wildman–Crippen LogP) is 0.492. The highest BCUT2D eigenvalue weighted by Crippen LogP contribution is 2.18. The predicted molar refractivity (Wildman–Crippen MR) is 81.8 cm³/mol. The Hall–Kier alpha value is -1.41. The molecule has 1 aliphatic heterocycles. The van der Waals surface area contributed by atoms with E-state index in [2.05, 4.69) is 5.10 Å². The summed E-state index contributed by atoms with van der Waals surface area (Å²) in [4.78, 5) is 13.9. The molecule has 1 amide bonds. The van der Waals surface area contributed by atoms with Crippen LogP contribution in [0.25, 0.3) is 0 Å². The van der Waals surface area contributed by atoms with E-state index in [1.165, 1.54) is 0 Å². The average Bonchev–Trinajstić information content (AvgIpc) is 2.70. The molecule has 0 saturated heterocycles. The number of aryl methyl sites for hydroxylation is 1. The van der Waals surface area contributed by atoms with Gasteiger partial charge in [0.15, 0.2) is 9.84 Å². The third-order valence-electron chi connectivity index (χ3n) is 3.86. The van der Waals surface area contributed by atoms with Gasteiger partial charge in [0.05, 0.1) is 29.3 Å². The smallest absolute Gasteiger partial charge is 0.238 e. The summed E-state index contributed by atoms with van der Waals surface area (Å²) in [7, 11) is -3.40. The van der Waals surface area contributed by atoms with E-state index in [-0.39, 0.29) is 5.91 Å². The van der Waals surface area contributed by atoms with Gasteiger partial charge < -0.3 is 10.0 Å². The molecule has 0 bridgehead atoms. The number of nitrogens with zero attached hydrogens (tertiary/aromatic N) is 3. The van der Waals surface area contributed by atoms with E-state index in [4.69, 9.17) is 0 Å². The van der Waals surface area contributed by atoms with Crippen LogP contribution in [0.3, 0.4) is 0 Å². The third kappa shape index (κ3) is 3.67. The fourth-order valence-corrected chi connectivity index (χ4v) is 3.19. The minimum absolute atomic E-state index is 0.326. The number of rotatable bonds is 4. The Morgan fingerprint density at radius 1 is 1.36 bits per heavy atom. The maximum Gasteiger partial charge on any atom is 0.238 e. The van der Waals surface area contributed by atoms with E-state index in [0.717, 1.165) is 5.69 Å². The molecule has 1 aromatic heterocycles. The number of hydrogen-bond donors (Lipinski definition) is 1. The van der Waals surface area contributed by atoms with Gasteiger partial charge in [-0.1, -0.05) is 0 Å². The molecule has 1 N–H and O–H groups in total. The highest BCUT2D eigenvalue weighted by atomic mass is 32.2. The molecule has 124 valence electrons. The standard InChI is InChI=1S/C14H23N3O4S/c1-10(2)22(20,21)9-14(19)16-5-4-6-17-12(8-16)7-13(15-17)11(3)18/h7,10-11,18H,4-6,8-9H2,1-3H3/t11-/m1/s1. The second-order valence-electron chi connectivity index (χ2n) is 5.98. The van der Waals surface area contributed by atoms with Crippen molar-refractivity contribution < 1.29 is 18.3 Å². The van der Waals surface area contributed by atoms with Gasteiger partial charge in [-0.2, -0.15) is 5.10 Å². The summed E-state index contributed by atoms with van der Waals surface area (Å²) in [6, 6.07) is 1.77. The van der Waals surface area contributed by atoms with Crippen molar-refractivity contribution in [3.8, 4) is 0 Å². The minimum Gasteiger partial charge on any atom is -0.387 e. The Balaban J connectivity index is 2.14. The number of aliphatic hydroxyl groups is 1. The Labute approximate surface area is 130 Å². The van der Waals surface area contributed by atoms with E-state index in [9.17, 15) is 18.3 Å². The summed E-state index contributed by atoms with van der Waals surface area (Å²) in [5.74, 6) is -0.829. The van der Waals surface area contributed by atoms with Crippen LogP contribution in [0.5, 0.6) is 0 Å². The molecule has 1 aliphatic rings. The number of carbonyl (C=O) groups excluding carboxylic acids is 1. The lowest BCUT2D eigenvalue weighted by molar-refractivity contribution is -0.129. The summed E-state index contributed by atoms with van der Waals surface area (Å²) in [5, 5.41) is 13.4. The first kappa shape index (κ1) is 17.0. The largest absolute Gasteiger partial charge is 0.387 e. The van der Waals surface area contributed by atoms with E-state index >= 15 is 0 Å². The van der Waals surface area contributed by atoms with Crippen molar-refractivity contribution in [3.05, 3.63) is 17.5 Å². The van der Waals surface area contributed by atoms with Crippen LogP contribution in [-0.2, 0) is 27.7 Å². The van der Waals surface area contributed by atoms with Crippen LogP contribution in [-0.4, -0.2) is 51.7 Å². The fourth-order valence-electron chi connectivity index (χ4n) is 2.33. The maximum absolute atomic E-state index is 12.3. The molecular formula is C14H23N3O4S. The average molecular weight is 329 g/mol. The molecular weight excluding hydrogens is 306 g/mol. The van der Waals surface area contributed by atoms with E-state index in [0.29, 0.717) is 31.7 Å². The van der Waals surface area contributed by atoms with Crippen molar-refractivity contribution in [1.29, 1.82) is 0 Å². The van der Waals surface area contributed by atoms with Gasteiger partial charge in [-0.15, -0.1) is 0 Å². The number of amides is 1. The van der Waals surface area contributed by atoms with Crippen LogP contribution in [0.1, 0.15) is 44.7 Å². The lowest BCUT2D eigenvalue weighted by Gasteiger charge is -2.20. The third-order valence-corrected chi connectivity index (χ3v) is 5.94. The van der Waals surface area contributed by atoms with Crippen LogP contribution >= 0.6 is 0 Å². The number of sulfone groups is 1. The topological polar surface area (TPSA) is 92.5 Å². The molecule has 0 aliphatic carbocycles. The number of fused-ring (bicyclic) bond motifs is 1. The summed E-state index contributed by atoms with van der Waals surface area (Å²) in [5.41, 5.74) is 1.39. The first-order chi connectivity index (χ1) is 10.2. The summed E-state index contributed by atoms with van der Waals surface area (Å²) in [6.07, 6.45) is 0.0476. The summed E-state index contributed by atoms with van der Waals surface area (Å²) >= 11 is 0. The van der Waals surface area contributed by atoms with Crippen LogP contribution < -0.4 is 0 Å². The first-order valence-corrected chi connectivity index (χ1v) is 9.16. The van der Waals surface area contributed by atoms with E-state index in [1.807, 2.05) is 0 Å². The van der Waals surface area contributed by atoms with Gasteiger partial charge in [-0.3, -0.25) is 9.48 Å². The number of aromatic nitrogens is 2. The second kappa shape index (κ2) is 6.37. The van der Waals surface area contributed by atoms with Crippen molar-refractivity contribution in [2.45, 2.75) is 51.6 Å².